The molecule has 0 atom stereocenters. The molecule has 0 aromatic carbocycles. The van der Waals surface area contributed by atoms with Gasteiger partial charge in [0.15, 0.2) is 0 Å². The molecule has 1 nitrogen and oxygen atoms in total. The second kappa shape index (κ2) is 3.49. The summed E-state index contributed by atoms with van der Waals surface area (Å²) in [5.41, 5.74) is 0. The quantitative estimate of drug-likeness (QED) is 0.746. The number of nitrogens with zero attached hydrogens (tertiary/aromatic N) is 1. The van der Waals surface area contributed by atoms with Crippen LogP contribution in [0.1, 0.15) is 18.9 Å². The van der Waals surface area contributed by atoms with Crippen LogP contribution in [-0.2, 0) is 6.42 Å². The first-order valence-electron chi connectivity index (χ1n) is 3.28. The third-order valence-electron chi connectivity index (χ3n) is 1.11. The Kier molecular flexibility index (Phi) is 2.86. The monoisotopic (exact) mass is 219 g/mol. The van der Waals surface area contributed by atoms with Crippen LogP contribution in [0.3, 0.4) is 0 Å². The fraction of sp³-hybridized carbons (Fsp3) is 0.571. The fourth-order valence-corrected chi connectivity index (χ4v) is 2.25. The molecule has 1 rings (SSSR count). The minimum atomic E-state index is 0.707. The Balaban J connectivity index is 2.58. The van der Waals surface area contributed by atoms with Gasteiger partial charge in [-0.05, 0) is 21.8 Å². The predicted molar refractivity (Wildman–Crippen MR) is 48.4 cm³/mol. The number of thiazole rings is 1. The molecule has 0 fully saturated rings. The van der Waals surface area contributed by atoms with Crippen molar-refractivity contribution in [3.05, 3.63) is 15.0 Å². The van der Waals surface area contributed by atoms with Crippen molar-refractivity contribution in [2.45, 2.75) is 20.3 Å². The lowest BCUT2D eigenvalue weighted by Crippen LogP contribution is -1.91. The summed E-state index contributed by atoms with van der Waals surface area (Å²) < 4.78 is 1.13. The van der Waals surface area contributed by atoms with Crippen LogP contribution in [0.4, 0.5) is 0 Å². The minimum absolute atomic E-state index is 0.707. The summed E-state index contributed by atoms with van der Waals surface area (Å²) in [4.78, 5) is 4.23. The molecule has 0 bridgehead atoms. The topological polar surface area (TPSA) is 12.9 Å². The standard InChI is InChI=1S/C7H10BrNS/c1-5(2)3-7-9-4-6(8)10-7/h4-5H,3H2,1-2H3. The summed E-state index contributed by atoms with van der Waals surface area (Å²) in [6.07, 6.45) is 2.96. The molecule has 0 amide bonds. The summed E-state index contributed by atoms with van der Waals surface area (Å²) in [5.74, 6) is 0.707. The van der Waals surface area contributed by atoms with Crippen molar-refractivity contribution in [3.63, 3.8) is 0 Å². The Morgan fingerprint density at radius 2 is 2.40 bits per heavy atom. The van der Waals surface area contributed by atoms with Crippen molar-refractivity contribution in [3.8, 4) is 0 Å². The average Bonchev–Trinajstić information content (AvgIpc) is 2.13. The number of rotatable bonds is 2. The van der Waals surface area contributed by atoms with E-state index in [1.165, 1.54) is 5.01 Å². The second-order valence-electron chi connectivity index (χ2n) is 2.66. The SMILES string of the molecule is CC(C)Cc1ncc(Br)s1. The van der Waals surface area contributed by atoms with Crippen molar-refractivity contribution in [2.24, 2.45) is 5.92 Å². The lowest BCUT2D eigenvalue weighted by atomic mass is 10.1. The summed E-state index contributed by atoms with van der Waals surface area (Å²) in [6, 6.07) is 0. The van der Waals surface area contributed by atoms with Crippen molar-refractivity contribution in [1.29, 1.82) is 0 Å². The maximum Gasteiger partial charge on any atom is 0.0939 e. The van der Waals surface area contributed by atoms with Gasteiger partial charge in [0.1, 0.15) is 0 Å². The smallest absolute Gasteiger partial charge is 0.0939 e. The molecular weight excluding hydrogens is 210 g/mol. The number of hydrogen-bond acceptors (Lipinski definition) is 2. The van der Waals surface area contributed by atoms with Crippen molar-refractivity contribution >= 4 is 27.3 Å². The highest BCUT2D eigenvalue weighted by Crippen LogP contribution is 2.20. The van der Waals surface area contributed by atoms with Crippen LogP contribution in [0.25, 0.3) is 0 Å². The largest absolute Gasteiger partial charge is 0.248 e. The van der Waals surface area contributed by atoms with E-state index in [0.717, 1.165) is 10.2 Å². The molecule has 56 valence electrons. The third-order valence-corrected chi connectivity index (χ3v) is 2.61. The van der Waals surface area contributed by atoms with Crippen LogP contribution in [0.5, 0.6) is 0 Å². The van der Waals surface area contributed by atoms with Gasteiger partial charge in [0.25, 0.3) is 0 Å². The van der Waals surface area contributed by atoms with Crippen molar-refractivity contribution < 1.29 is 0 Å². The van der Waals surface area contributed by atoms with E-state index in [1.54, 1.807) is 11.3 Å². The number of hydrogen-bond donors (Lipinski definition) is 0. The first kappa shape index (κ1) is 8.21. The first-order valence-corrected chi connectivity index (χ1v) is 4.89. The Labute approximate surface area is 73.6 Å². The minimum Gasteiger partial charge on any atom is -0.248 e. The lowest BCUT2D eigenvalue weighted by molar-refractivity contribution is 0.644. The lowest BCUT2D eigenvalue weighted by Gasteiger charge is -1.97. The molecule has 0 saturated heterocycles. The van der Waals surface area contributed by atoms with E-state index in [0.29, 0.717) is 5.92 Å². The maximum absolute atomic E-state index is 4.23. The van der Waals surface area contributed by atoms with E-state index < -0.39 is 0 Å². The van der Waals surface area contributed by atoms with Crippen LogP contribution >= 0.6 is 27.3 Å². The van der Waals surface area contributed by atoms with Gasteiger partial charge in [-0.15, -0.1) is 11.3 Å². The van der Waals surface area contributed by atoms with E-state index in [4.69, 9.17) is 0 Å². The van der Waals surface area contributed by atoms with Crippen LogP contribution in [-0.4, -0.2) is 4.98 Å². The predicted octanol–water partition coefficient (Wildman–Crippen LogP) is 3.10. The molecule has 1 aromatic rings. The zero-order valence-corrected chi connectivity index (χ0v) is 8.50. The van der Waals surface area contributed by atoms with E-state index in [2.05, 4.69) is 34.8 Å². The molecule has 0 aliphatic heterocycles. The Bertz CT molecular complexity index is 207. The van der Waals surface area contributed by atoms with Gasteiger partial charge in [0.2, 0.25) is 0 Å². The molecule has 1 heterocycles. The molecule has 10 heavy (non-hydrogen) atoms. The summed E-state index contributed by atoms with van der Waals surface area (Å²) in [5, 5.41) is 1.22. The molecular formula is C7H10BrNS. The van der Waals surface area contributed by atoms with Gasteiger partial charge in [-0.25, -0.2) is 4.98 Å². The van der Waals surface area contributed by atoms with Gasteiger partial charge < -0.3 is 0 Å². The van der Waals surface area contributed by atoms with Gasteiger partial charge in [-0.2, -0.15) is 0 Å². The van der Waals surface area contributed by atoms with E-state index in [1.807, 2.05) is 6.20 Å². The Morgan fingerprint density at radius 3 is 2.80 bits per heavy atom. The zero-order chi connectivity index (χ0) is 7.56. The molecule has 0 saturated carbocycles. The second-order valence-corrected chi connectivity index (χ2v) is 5.15. The molecule has 0 unspecified atom stereocenters. The summed E-state index contributed by atoms with van der Waals surface area (Å²) in [7, 11) is 0. The molecule has 0 radical (unpaired) electrons. The number of halogens is 1. The van der Waals surface area contributed by atoms with E-state index in [-0.39, 0.29) is 0 Å². The van der Waals surface area contributed by atoms with Gasteiger partial charge in [0.05, 0.1) is 15.0 Å². The van der Waals surface area contributed by atoms with Crippen LogP contribution < -0.4 is 0 Å². The molecule has 3 heteroatoms. The average molecular weight is 220 g/mol. The number of aromatic nitrogens is 1. The van der Waals surface area contributed by atoms with E-state index in [9.17, 15) is 0 Å². The van der Waals surface area contributed by atoms with Gasteiger partial charge >= 0.3 is 0 Å². The highest BCUT2D eigenvalue weighted by Gasteiger charge is 2.01. The van der Waals surface area contributed by atoms with Gasteiger partial charge in [0, 0.05) is 6.42 Å². The van der Waals surface area contributed by atoms with E-state index >= 15 is 0 Å². The highest BCUT2D eigenvalue weighted by molar-refractivity contribution is 9.11. The van der Waals surface area contributed by atoms with Crippen LogP contribution in [0.2, 0.25) is 0 Å². The molecule has 0 aliphatic rings. The Hall–Kier alpha value is 0.110. The normalized spacial score (nSPS) is 10.8. The zero-order valence-electron chi connectivity index (χ0n) is 6.10. The first-order chi connectivity index (χ1) is 4.68. The third kappa shape index (κ3) is 2.39. The summed E-state index contributed by atoms with van der Waals surface area (Å²) in [6.45, 7) is 4.41. The summed E-state index contributed by atoms with van der Waals surface area (Å²) >= 11 is 5.10. The Morgan fingerprint density at radius 1 is 1.70 bits per heavy atom. The highest BCUT2D eigenvalue weighted by atomic mass is 79.9. The van der Waals surface area contributed by atoms with Gasteiger partial charge in [-0.3, -0.25) is 0 Å². The van der Waals surface area contributed by atoms with Gasteiger partial charge in [-0.1, -0.05) is 13.8 Å². The molecule has 1 aromatic heterocycles. The molecule has 0 aliphatic carbocycles. The maximum atomic E-state index is 4.23. The molecule has 0 N–H and O–H groups in total. The van der Waals surface area contributed by atoms with Crippen molar-refractivity contribution in [1.82, 2.24) is 4.98 Å². The van der Waals surface area contributed by atoms with Crippen LogP contribution in [0.15, 0.2) is 9.98 Å². The van der Waals surface area contributed by atoms with Crippen LogP contribution in [0, 0.1) is 5.92 Å². The van der Waals surface area contributed by atoms with Crippen molar-refractivity contribution in [2.75, 3.05) is 0 Å². The fourth-order valence-electron chi connectivity index (χ4n) is 0.732. The molecule has 0 spiro atoms.